The molecule has 1 saturated carbocycles. The van der Waals surface area contributed by atoms with Crippen LogP contribution in [-0.4, -0.2) is 7.11 Å². The summed E-state index contributed by atoms with van der Waals surface area (Å²) < 4.78 is 5.48. The third-order valence-electron chi connectivity index (χ3n) is 3.49. The summed E-state index contributed by atoms with van der Waals surface area (Å²) in [7, 11) is 1.74. The normalized spacial score (nSPS) is 17.6. The lowest BCUT2D eigenvalue weighted by Gasteiger charge is -2.19. The summed E-state index contributed by atoms with van der Waals surface area (Å²) in [4.78, 5) is 0. The van der Waals surface area contributed by atoms with Gasteiger partial charge in [-0.3, -0.25) is 0 Å². The van der Waals surface area contributed by atoms with Crippen LogP contribution < -0.4 is 10.5 Å². The van der Waals surface area contributed by atoms with Crippen LogP contribution in [0.1, 0.15) is 49.3 Å². The molecule has 2 heteroatoms. The number of benzene rings is 1. The molecule has 2 N–H and O–H groups in total. The van der Waals surface area contributed by atoms with Gasteiger partial charge in [0, 0.05) is 5.54 Å². The van der Waals surface area contributed by atoms with Crippen molar-refractivity contribution in [2.45, 2.75) is 45.1 Å². The van der Waals surface area contributed by atoms with Gasteiger partial charge in [0.15, 0.2) is 0 Å². The van der Waals surface area contributed by atoms with Gasteiger partial charge in [-0.15, -0.1) is 0 Å². The molecule has 0 saturated heterocycles. The number of rotatable bonds is 3. The zero-order chi connectivity index (χ0) is 11.9. The molecule has 0 unspecified atom stereocenters. The van der Waals surface area contributed by atoms with Crippen molar-refractivity contribution in [1.82, 2.24) is 0 Å². The molecule has 0 amide bonds. The lowest BCUT2D eigenvalue weighted by atomic mass is 9.93. The monoisotopic (exact) mass is 219 g/mol. The lowest BCUT2D eigenvalue weighted by Crippen LogP contribution is -2.19. The maximum atomic E-state index is 6.26. The molecule has 0 heterocycles. The first-order chi connectivity index (χ1) is 7.48. The third kappa shape index (κ3) is 1.82. The molecule has 2 nitrogen and oxygen atoms in total. The van der Waals surface area contributed by atoms with Gasteiger partial charge in [0.2, 0.25) is 0 Å². The number of ether oxygens (including phenoxy) is 1. The molecule has 0 spiro atoms. The number of nitrogens with two attached hydrogens (primary N) is 1. The Morgan fingerprint density at radius 3 is 2.38 bits per heavy atom. The van der Waals surface area contributed by atoms with Gasteiger partial charge in [-0.1, -0.05) is 19.9 Å². The molecule has 1 aromatic rings. The molecule has 0 radical (unpaired) electrons. The van der Waals surface area contributed by atoms with Gasteiger partial charge in [-0.25, -0.2) is 0 Å². The molecule has 1 aliphatic rings. The van der Waals surface area contributed by atoms with E-state index in [-0.39, 0.29) is 5.54 Å². The fourth-order valence-electron chi connectivity index (χ4n) is 2.22. The maximum Gasteiger partial charge on any atom is 0.125 e. The Bertz CT molecular complexity index is 405. The number of methoxy groups -OCH3 is 1. The fourth-order valence-corrected chi connectivity index (χ4v) is 2.22. The van der Waals surface area contributed by atoms with Crippen molar-refractivity contribution in [3.63, 3.8) is 0 Å². The van der Waals surface area contributed by atoms with E-state index >= 15 is 0 Å². The molecule has 16 heavy (non-hydrogen) atoms. The molecule has 2 rings (SSSR count). The second-order valence-electron chi connectivity index (χ2n) is 5.23. The van der Waals surface area contributed by atoms with Crippen LogP contribution in [0.2, 0.25) is 0 Å². The zero-order valence-corrected chi connectivity index (χ0v) is 10.6. The minimum Gasteiger partial charge on any atom is -0.496 e. The van der Waals surface area contributed by atoms with E-state index in [9.17, 15) is 0 Å². The summed E-state index contributed by atoms with van der Waals surface area (Å²) in [6.07, 6.45) is 2.21. The van der Waals surface area contributed by atoms with Crippen LogP contribution in [0.15, 0.2) is 12.1 Å². The van der Waals surface area contributed by atoms with Crippen LogP contribution >= 0.6 is 0 Å². The second kappa shape index (κ2) is 3.77. The van der Waals surface area contributed by atoms with E-state index in [2.05, 4.69) is 32.9 Å². The van der Waals surface area contributed by atoms with Crippen molar-refractivity contribution in [3.05, 3.63) is 28.8 Å². The van der Waals surface area contributed by atoms with Crippen molar-refractivity contribution >= 4 is 0 Å². The van der Waals surface area contributed by atoms with Crippen molar-refractivity contribution in [1.29, 1.82) is 0 Å². The molecule has 1 aliphatic carbocycles. The molecule has 0 aromatic heterocycles. The number of aryl methyl sites for hydroxylation is 1. The van der Waals surface area contributed by atoms with Gasteiger partial charge in [0.25, 0.3) is 0 Å². The first kappa shape index (κ1) is 11.5. The Morgan fingerprint density at radius 1 is 1.31 bits per heavy atom. The minimum atomic E-state index is -0.0549. The molecule has 88 valence electrons. The van der Waals surface area contributed by atoms with Crippen LogP contribution in [0.25, 0.3) is 0 Å². The summed E-state index contributed by atoms with van der Waals surface area (Å²) >= 11 is 0. The molecule has 0 atom stereocenters. The Kier molecular flexibility index (Phi) is 2.70. The molecule has 1 aromatic carbocycles. The van der Waals surface area contributed by atoms with Crippen LogP contribution in [0.3, 0.4) is 0 Å². The predicted octanol–water partition coefficient (Wildman–Crippen LogP) is 3.07. The molecule has 0 bridgehead atoms. The van der Waals surface area contributed by atoms with Crippen molar-refractivity contribution in [2.24, 2.45) is 5.73 Å². The summed E-state index contributed by atoms with van der Waals surface area (Å²) in [5.41, 5.74) is 9.94. The van der Waals surface area contributed by atoms with E-state index in [1.807, 2.05) is 0 Å². The minimum absolute atomic E-state index is 0.0549. The Hall–Kier alpha value is -1.02. The Balaban J connectivity index is 2.52. The van der Waals surface area contributed by atoms with Gasteiger partial charge >= 0.3 is 0 Å². The fraction of sp³-hybridized carbons (Fsp3) is 0.571. The Morgan fingerprint density at radius 2 is 1.94 bits per heavy atom. The topological polar surface area (TPSA) is 35.2 Å². The summed E-state index contributed by atoms with van der Waals surface area (Å²) in [5.74, 6) is 1.49. The first-order valence-corrected chi connectivity index (χ1v) is 5.96. The second-order valence-corrected chi connectivity index (χ2v) is 5.23. The van der Waals surface area contributed by atoms with E-state index in [0.717, 1.165) is 18.6 Å². The average molecular weight is 219 g/mol. The summed E-state index contributed by atoms with van der Waals surface area (Å²) in [6, 6.07) is 4.40. The van der Waals surface area contributed by atoms with E-state index in [0.29, 0.717) is 5.92 Å². The highest BCUT2D eigenvalue weighted by atomic mass is 16.5. The van der Waals surface area contributed by atoms with Crippen LogP contribution in [0.4, 0.5) is 0 Å². The van der Waals surface area contributed by atoms with Gasteiger partial charge in [-0.2, -0.15) is 0 Å². The summed E-state index contributed by atoms with van der Waals surface area (Å²) in [6.45, 7) is 6.48. The smallest absolute Gasteiger partial charge is 0.125 e. The van der Waals surface area contributed by atoms with Crippen LogP contribution in [0, 0.1) is 6.92 Å². The van der Waals surface area contributed by atoms with Gasteiger partial charge in [0.05, 0.1) is 7.11 Å². The van der Waals surface area contributed by atoms with Crippen molar-refractivity contribution in [2.75, 3.05) is 7.11 Å². The maximum absolute atomic E-state index is 6.26. The Labute approximate surface area is 97.8 Å². The van der Waals surface area contributed by atoms with Crippen molar-refractivity contribution in [3.8, 4) is 5.75 Å². The predicted molar refractivity (Wildman–Crippen MR) is 66.9 cm³/mol. The van der Waals surface area contributed by atoms with Crippen molar-refractivity contribution < 1.29 is 4.74 Å². The van der Waals surface area contributed by atoms with E-state index in [1.54, 1.807) is 7.11 Å². The van der Waals surface area contributed by atoms with Crippen LogP contribution in [0.5, 0.6) is 5.75 Å². The molecule has 0 aliphatic heterocycles. The van der Waals surface area contributed by atoms with E-state index in [4.69, 9.17) is 10.5 Å². The standard InChI is InChI=1S/C14H21NO/c1-9(2)12-8-11(14(15)5-6-14)7-10(3)13(12)16-4/h7-9H,5-6,15H2,1-4H3. The van der Waals surface area contributed by atoms with E-state index in [1.165, 1.54) is 16.7 Å². The highest BCUT2D eigenvalue weighted by molar-refractivity contribution is 5.48. The zero-order valence-electron chi connectivity index (χ0n) is 10.6. The largest absolute Gasteiger partial charge is 0.496 e. The quantitative estimate of drug-likeness (QED) is 0.848. The SMILES string of the molecule is COc1c(C)cc(C2(N)CC2)cc1C(C)C. The molecule has 1 fully saturated rings. The highest BCUT2D eigenvalue weighted by Gasteiger charge is 2.40. The molecular weight excluding hydrogens is 198 g/mol. The average Bonchev–Trinajstić information content (AvgIpc) is 2.96. The molecular formula is C14H21NO. The summed E-state index contributed by atoms with van der Waals surface area (Å²) in [5, 5.41) is 0. The van der Waals surface area contributed by atoms with Crippen LogP contribution in [-0.2, 0) is 5.54 Å². The third-order valence-corrected chi connectivity index (χ3v) is 3.49. The first-order valence-electron chi connectivity index (χ1n) is 5.96. The van der Waals surface area contributed by atoms with E-state index < -0.39 is 0 Å². The highest BCUT2D eigenvalue weighted by Crippen LogP contribution is 2.45. The number of hydrogen-bond donors (Lipinski definition) is 1. The van der Waals surface area contributed by atoms with Gasteiger partial charge in [-0.05, 0) is 48.4 Å². The lowest BCUT2D eigenvalue weighted by molar-refractivity contribution is 0.404. The van der Waals surface area contributed by atoms with Gasteiger partial charge in [0.1, 0.15) is 5.75 Å². The number of hydrogen-bond acceptors (Lipinski definition) is 2. The van der Waals surface area contributed by atoms with Gasteiger partial charge < -0.3 is 10.5 Å².